The normalized spacial score (nSPS) is 11.0. The number of benzene rings is 2. The second kappa shape index (κ2) is 9.31. The maximum Gasteiger partial charge on any atom is 0.0960 e. The molecular formula is C19H26BrClN2. The van der Waals surface area contributed by atoms with Gasteiger partial charge >= 0.3 is 0 Å². The Bertz CT molecular complexity index is 570. The van der Waals surface area contributed by atoms with Crippen LogP contribution in [0.3, 0.4) is 0 Å². The maximum absolute atomic E-state index is 5.99. The lowest BCUT2D eigenvalue weighted by atomic mass is 10.2. The van der Waals surface area contributed by atoms with Gasteiger partial charge in [-0.05, 0) is 36.8 Å². The highest BCUT2D eigenvalue weighted by Crippen LogP contribution is 2.18. The zero-order valence-corrected chi connectivity index (χ0v) is 16.5. The molecule has 0 spiro atoms. The van der Waals surface area contributed by atoms with E-state index in [2.05, 4.69) is 68.4 Å². The van der Waals surface area contributed by atoms with Gasteiger partial charge < -0.3 is 26.4 Å². The summed E-state index contributed by atoms with van der Waals surface area (Å²) in [6, 6.07) is 18.8. The van der Waals surface area contributed by atoms with Crippen molar-refractivity contribution in [1.29, 1.82) is 0 Å². The SMILES string of the molecule is CC[N+](C)(C)CCN(Cc1ccc(Cl)cc1)c1ccccc1.[Br-]. The lowest BCUT2D eigenvalue weighted by Crippen LogP contribution is -3.00. The van der Waals surface area contributed by atoms with Crippen LogP contribution in [-0.2, 0) is 6.54 Å². The molecule has 0 unspecified atom stereocenters. The van der Waals surface area contributed by atoms with E-state index >= 15 is 0 Å². The van der Waals surface area contributed by atoms with Gasteiger partial charge in [-0.2, -0.15) is 0 Å². The predicted molar refractivity (Wildman–Crippen MR) is 96.5 cm³/mol. The van der Waals surface area contributed by atoms with Gasteiger partial charge in [-0.3, -0.25) is 0 Å². The fraction of sp³-hybridized carbons (Fsp3) is 0.368. The molecule has 0 aliphatic carbocycles. The van der Waals surface area contributed by atoms with Gasteiger partial charge in [0.15, 0.2) is 0 Å². The minimum Gasteiger partial charge on any atom is -1.00 e. The van der Waals surface area contributed by atoms with Crippen molar-refractivity contribution in [3.05, 3.63) is 65.2 Å². The van der Waals surface area contributed by atoms with E-state index in [0.717, 1.165) is 35.7 Å². The number of likely N-dealkylation sites (N-methyl/N-ethyl adjacent to an activating group) is 1. The van der Waals surface area contributed by atoms with E-state index in [1.807, 2.05) is 12.1 Å². The number of quaternary nitrogens is 1. The van der Waals surface area contributed by atoms with Gasteiger partial charge in [0, 0.05) is 17.3 Å². The summed E-state index contributed by atoms with van der Waals surface area (Å²) in [7, 11) is 4.57. The molecule has 0 saturated heterocycles. The van der Waals surface area contributed by atoms with Gasteiger partial charge in [-0.15, -0.1) is 0 Å². The Hall–Kier alpha value is -1.03. The summed E-state index contributed by atoms with van der Waals surface area (Å²) < 4.78 is 1.03. The summed E-state index contributed by atoms with van der Waals surface area (Å²) in [6.07, 6.45) is 0. The first-order valence-corrected chi connectivity index (χ1v) is 8.24. The molecule has 0 amide bonds. The Morgan fingerprint density at radius 2 is 1.57 bits per heavy atom. The summed E-state index contributed by atoms with van der Waals surface area (Å²) in [4.78, 5) is 2.44. The Kier molecular flexibility index (Phi) is 8.10. The average Bonchev–Trinajstić information content (AvgIpc) is 2.54. The van der Waals surface area contributed by atoms with Crippen LogP contribution in [0.15, 0.2) is 54.6 Å². The van der Waals surface area contributed by atoms with E-state index < -0.39 is 0 Å². The Morgan fingerprint density at radius 1 is 0.957 bits per heavy atom. The van der Waals surface area contributed by atoms with Crippen LogP contribution in [0.4, 0.5) is 5.69 Å². The van der Waals surface area contributed by atoms with Crippen molar-refractivity contribution in [2.24, 2.45) is 0 Å². The molecule has 23 heavy (non-hydrogen) atoms. The average molecular weight is 398 g/mol. The number of rotatable bonds is 7. The standard InChI is InChI=1S/C19H26ClN2.BrH/c1-4-22(2,3)15-14-21(19-8-6-5-7-9-19)16-17-10-12-18(20)13-11-17;/h5-13H,4,14-16H2,1-3H3;1H/q+1;/p-1. The van der Waals surface area contributed by atoms with Crippen molar-refractivity contribution >= 4 is 17.3 Å². The van der Waals surface area contributed by atoms with Crippen LogP contribution < -0.4 is 21.9 Å². The van der Waals surface area contributed by atoms with Gasteiger partial charge in [-0.1, -0.05) is 41.9 Å². The van der Waals surface area contributed by atoms with Crippen molar-refractivity contribution < 1.29 is 21.5 Å². The summed E-state index contributed by atoms with van der Waals surface area (Å²) in [5.41, 5.74) is 2.56. The van der Waals surface area contributed by atoms with Crippen LogP contribution in [0.5, 0.6) is 0 Å². The minimum absolute atomic E-state index is 0. The first-order valence-electron chi connectivity index (χ1n) is 7.86. The number of para-hydroxylation sites is 1. The first-order chi connectivity index (χ1) is 10.5. The molecule has 0 atom stereocenters. The second-order valence-corrected chi connectivity index (χ2v) is 6.80. The maximum atomic E-state index is 5.99. The third kappa shape index (κ3) is 6.54. The number of hydrogen-bond acceptors (Lipinski definition) is 1. The molecule has 0 fully saturated rings. The molecule has 4 heteroatoms. The van der Waals surface area contributed by atoms with Crippen LogP contribution in [0.2, 0.25) is 5.02 Å². The molecule has 0 radical (unpaired) electrons. The fourth-order valence-corrected chi connectivity index (χ4v) is 2.42. The molecule has 0 N–H and O–H groups in total. The van der Waals surface area contributed by atoms with E-state index in [4.69, 9.17) is 11.6 Å². The highest BCUT2D eigenvalue weighted by atomic mass is 79.9. The number of hydrogen-bond donors (Lipinski definition) is 0. The Labute approximate surface area is 156 Å². The summed E-state index contributed by atoms with van der Waals surface area (Å²) in [5, 5.41) is 0.791. The molecule has 2 rings (SSSR count). The van der Waals surface area contributed by atoms with Crippen LogP contribution in [0.25, 0.3) is 0 Å². The van der Waals surface area contributed by atoms with E-state index in [1.165, 1.54) is 11.3 Å². The molecule has 126 valence electrons. The highest BCUT2D eigenvalue weighted by molar-refractivity contribution is 6.30. The van der Waals surface area contributed by atoms with Gasteiger partial charge in [-0.25, -0.2) is 0 Å². The number of nitrogens with zero attached hydrogens (tertiary/aromatic N) is 2. The van der Waals surface area contributed by atoms with Gasteiger partial charge in [0.2, 0.25) is 0 Å². The molecule has 0 heterocycles. The predicted octanol–water partition coefficient (Wildman–Crippen LogP) is 1.45. The number of halogens is 2. The molecule has 0 bridgehead atoms. The fourth-order valence-electron chi connectivity index (χ4n) is 2.30. The van der Waals surface area contributed by atoms with Crippen molar-refractivity contribution in [1.82, 2.24) is 0 Å². The summed E-state index contributed by atoms with van der Waals surface area (Å²) in [6.45, 7) is 6.45. The smallest absolute Gasteiger partial charge is 0.0960 e. The minimum atomic E-state index is 0. The molecule has 0 aliphatic rings. The van der Waals surface area contributed by atoms with E-state index in [1.54, 1.807) is 0 Å². The van der Waals surface area contributed by atoms with Crippen molar-refractivity contribution in [3.63, 3.8) is 0 Å². The Balaban J connectivity index is 0.00000264. The third-order valence-electron chi connectivity index (χ3n) is 4.24. The molecule has 2 nitrogen and oxygen atoms in total. The van der Waals surface area contributed by atoms with Gasteiger partial charge in [0.1, 0.15) is 0 Å². The molecular weight excluding hydrogens is 372 g/mol. The lowest BCUT2D eigenvalue weighted by molar-refractivity contribution is -0.887. The number of anilines is 1. The zero-order chi connectivity index (χ0) is 16.0. The Morgan fingerprint density at radius 3 is 2.13 bits per heavy atom. The molecule has 0 aliphatic heterocycles. The van der Waals surface area contributed by atoms with E-state index in [9.17, 15) is 0 Å². The second-order valence-electron chi connectivity index (χ2n) is 6.36. The molecule has 0 aromatic heterocycles. The van der Waals surface area contributed by atoms with Crippen LogP contribution in [0.1, 0.15) is 12.5 Å². The zero-order valence-electron chi connectivity index (χ0n) is 14.2. The van der Waals surface area contributed by atoms with Gasteiger partial charge in [0.25, 0.3) is 0 Å². The van der Waals surface area contributed by atoms with E-state index in [0.29, 0.717) is 0 Å². The lowest BCUT2D eigenvalue weighted by Gasteiger charge is -2.32. The van der Waals surface area contributed by atoms with Crippen LogP contribution in [0, 0.1) is 0 Å². The molecule has 0 saturated carbocycles. The van der Waals surface area contributed by atoms with Gasteiger partial charge in [0.05, 0.1) is 33.7 Å². The highest BCUT2D eigenvalue weighted by Gasteiger charge is 2.15. The van der Waals surface area contributed by atoms with Crippen molar-refractivity contribution in [2.75, 3.05) is 38.6 Å². The monoisotopic (exact) mass is 396 g/mol. The van der Waals surface area contributed by atoms with Crippen molar-refractivity contribution in [2.45, 2.75) is 13.5 Å². The topological polar surface area (TPSA) is 3.24 Å². The largest absolute Gasteiger partial charge is 1.00 e. The van der Waals surface area contributed by atoms with Crippen LogP contribution in [-0.4, -0.2) is 38.2 Å². The van der Waals surface area contributed by atoms with Crippen LogP contribution >= 0.6 is 11.6 Å². The molecule has 2 aromatic carbocycles. The van der Waals surface area contributed by atoms with E-state index in [-0.39, 0.29) is 17.0 Å². The quantitative estimate of drug-likeness (QED) is 0.639. The summed E-state index contributed by atoms with van der Waals surface area (Å²) in [5.74, 6) is 0. The van der Waals surface area contributed by atoms with Crippen molar-refractivity contribution in [3.8, 4) is 0 Å². The summed E-state index contributed by atoms with van der Waals surface area (Å²) >= 11 is 5.99. The third-order valence-corrected chi connectivity index (χ3v) is 4.49. The first kappa shape index (κ1) is 20.0. The molecule has 2 aromatic rings.